The Morgan fingerprint density at radius 3 is 2.23 bits per heavy atom. The molecular weight excluding hydrogens is 192 g/mol. The Kier molecular flexibility index (Phi) is 4.31. The summed E-state index contributed by atoms with van der Waals surface area (Å²) in [4.78, 5) is 0. The van der Waals surface area contributed by atoms with Crippen LogP contribution in [0.25, 0.3) is 0 Å². The topological polar surface area (TPSA) is 69.6 Å². The van der Waals surface area contributed by atoms with Crippen LogP contribution in [0.15, 0.2) is 0 Å². The van der Waals surface area contributed by atoms with E-state index in [1.807, 2.05) is 0 Å². The summed E-state index contributed by atoms with van der Waals surface area (Å²) in [5.74, 6) is 0. The van der Waals surface area contributed by atoms with Crippen LogP contribution in [0.4, 0.5) is 0 Å². The second-order valence-corrected chi connectivity index (χ2v) is 5.23. The van der Waals surface area contributed by atoms with Gasteiger partial charge in [-0.05, 0) is 13.8 Å². The quantitative estimate of drug-likeness (QED) is 0.645. The van der Waals surface area contributed by atoms with Crippen LogP contribution in [0.5, 0.6) is 0 Å². The highest BCUT2D eigenvalue weighted by Crippen LogP contribution is 2.13. The highest BCUT2D eigenvalue weighted by molar-refractivity contribution is 7.87. The van der Waals surface area contributed by atoms with Crippen LogP contribution in [-0.2, 0) is 10.2 Å². The second kappa shape index (κ2) is 4.36. The molecular formula is C7H18N2O3S. The Hall–Kier alpha value is -0.170. The fraction of sp³-hybridized carbons (Fsp3) is 1.00. The average molecular weight is 210 g/mol. The van der Waals surface area contributed by atoms with Crippen LogP contribution in [0.2, 0.25) is 0 Å². The van der Waals surface area contributed by atoms with Gasteiger partial charge < -0.3 is 5.11 Å². The Morgan fingerprint density at radius 1 is 1.46 bits per heavy atom. The molecule has 0 saturated carbocycles. The van der Waals surface area contributed by atoms with E-state index in [-0.39, 0.29) is 6.61 Å². The molecule has 0 heterocycles. The van der Waals surface area contributed by atoms with Crippen molar-refractivity contribution in [2.45, 2.75) is 26.3 Å². The Balaban J connectivity index is 4.69. The van der Waals surface area contributed by atoms with E-state index in [1.165, 1.54) is 7.05 Å². The molecule has 0 radical (unpaired) electrons. The minimum Gasteiger partial charge on any atom is -0.394 e. The standard InChI is InChI=1S/C7H18N2O3S/c1-5-8-13(11,12)9(4)7(2,3)6-10/h8,10H,5-6H2,1-4H3. The fourth-order valence-corrected chi connectivity index (χ4v) is 1.97. The van der Waals surface area contributed by atoms with Crippen molar-refractivity contribution in [2.75, 3.05) is 20.2 Å². The molecule has 0 aromatic carbocycles. The number of hydrogen-bond acceptors (Lipinski definition) is 3. The minimum atomic E-state index is -3.46. The molecule has 0 aliphatic carbocycles. The zero-order valence-electron chi connectivity index (χ0n) is 8.53. The Morgan fingerprint density at radius 2 is 1.92 bits per heavy atom. The van der Waals surface area contributed by atoms with E-state index in [4.69, 9.17) is 5.11 Å². The third kappa shape index (κ3) is 3.22. The lowest BCUT2D eigenvalue weighted by molar-refractivity contribution is 0.137. The van der Waals surface area contributed by atoms with Crippen molar-refractivity contribution < 1.29 is 13.5 Å². The minimum absolute atomic E-state index is 0.214. The lowest BCUT2D eigenvalue weighted by Crippen LogP contribution is -2.51. The highest BCUT2D eigenvalue weighted by atomic mass is 32.2. The van der Waals surface area contributed by atoms with Gasteiger partial charge in [-0.15, -0.1) is 0 Å². The van der Waals surface area contributed by atoms with E-state index in [9.17, 15) is 8.42 Å². The highest BCUT2D eigenvalue weighted by Gasteiger charge is 2.31. The third-order valence-corrected chi connectivity index (χ3v) is 3.80. The second-order valence-electron chi connectivity index (χ2n) is 3.44. The van der Waals surface area contributed by atoms with E-state index >= 15 is 0 Å². The van der Waals surface area contributed by atoms with Crippen molar-refractivity contribution in [3.63, 3.8) is 0 Å². The maximum absolute atomic E-state index is 11.4. The van der Waals surface area contributed by atoms with E-state index in [0.29, 0.717) is 6.54 Å². The molecule has 0 rings (SSSR count). The summed E-state index contributed by atoms with van der Waals surface area (Å²) in [5, 5.41) is 8.96. The monoisotopic (exact) mass is 210 g/mol. The van der Waals surface area contributed by atoms with Gasteiger partial charge in [0.1, 0.15) is 0 Å². The maximum atomic E-state index is 11.4. The summed E-state index contributed by atoms with van der Waals surface area (Å²) in [6, 6.07) is 0. The van der Waals surface area contributed by atoms with Gasteiger partial charge in [0.05, 0.1) is 12.1 Å². The molecule has 0 aromatic heterocycles. The first kappa shape index (κ1) is 12.8. The van der Waals surface area contributed by atoms with Crippen molar-refractivity contribution >= 4 is 10.2 Å². The fourth-order valence-electron chi connectivity index (χ4n) is 0.704. The van der Waals surface area contributed by atoms with E-state index in [2.05, 4.69) is 4.72 Å². The van der Waals surface area contributed by atoms with Gasteiger partial charge >= 0.3 is 0 Å². The summed E-state index contributed by atoms with van der Waals surface area (Å²) in [5.41, 5.74) is -0.777. The smallest absolute Gasteiger partial charge is 0.279 e. The maximum Gasteiger partial charge on any atom is 0.279 e. The van der Waals surface area contributed by atoms with Gasteiger partial charge in [-0.2, -0.15) is 12.7 Å². The van der Waals surface area contributed by atoms with Crippen molar-refractivity contribution in [1.82, 2.24) is 9.03 Å². The van der Waals surface area contributed by atoms with Gasteiger partial charge in [0, 0.05) is 13.6 Å². The Labute approximate surface area is 79.9 Å². The summed E-state index contributed by atoms with van der Waals surface area (Å²) in [6.45, 7) is 5.14. The molecule has 6 heteroatoms. The average Bonchev–Trinajstić information content (AvgIpc) is 2.03. The number of aliphatic hydroxyl groups excluding tert-OH is 1. The lowest BCUT2D eigenvalue weighted by Gasteiger charge is -2.32. The molecule has 0 aromatic rings. The molecule has 0 amide bonds. The van der Waals surface area contributed by atoms with Crippen molar-refractivity contribution in [3.8, 4) is 0 Å². The molecule has 0 spiro atoms. The number of aliphatic hydroxyl groups is 1. The first-order valence-corrected chi connectivity index (χ1v) is 5.56. The molecule has 0 aliphatic rings. The molecule has 0 fully saturated rings. The van der Waals surface area contributed by atoms with Gasteiger partial charge in [0.15, 0.2) is 0 Å². The van der Waals surface area contributed by atoms with Crippen LogP contribution < -0.4 is 4.72 Å². The summed E-state index contributed by atoms with van der Waals surface area (Å²) in [6.07, 6.45) is 0. The van der Waals surface area contributed by atoms with Gasteiger partial charge in [-0.25, -0.2) is 4.72 Å². The first-order chi connectivity index (χ1) is 5.78. The summed E-state index contributed by atoms with van der Waals surface area (Å²) < 4.78 is 26.4. The molecule has 0 atom stereocenters. The molecule has 0 saturated heterocycles. The number of rotatable bonds is 5. The first-order valence-electron chi connectivity index (χ1n) is 4.12. The summed E-state index contributed by atoms with van der Waals surface area (Å²) in [7, 11) is -2.02. The number of nitrogens with zero attached hydrogens (tertiary/aromatic N) is 1. The van der Waals surface area contributed by atoms with Crippen LogP contribution in [0, 0.1) is 0 Å². The largest absolute Gasteiger partial charge is 0.394 e. The molecule has 0 unspecified atom stereocenters. The summed E-state index contributed by atoms with van der Waals surface area (Å²) >= 11 is 0. The molecule has 0 bridgehead atoms. The Bertz CT molecular complexity index is 248. The molecule has 13 heavy (non-hydrogen) atoms. The predicted molar refractivity (Wildman–Crippen MR) is 51.5 cm³/mol. The van der Waals surface area contributed by atoms with Gasteiger partial charge in [-0.1, -0.05) is 6.92 Å². The number of nitrogens with one attached hydrogen (secondary N) is 1. The van der Waals surface area contributed by atoms with E-state index in [0.717, 1.165) is 4.31 Å². The van der Waals surface area contributed by atoms with Crippen LogP contribution in [0.1, 0.15) is 20.8 Å². The molecule has 80 valence electrons. The van der Waals surface area contributed by atoms with E-state index in [1.54, 1.807) is 20.8 Å². The zero-order valence-corrected chi connectivity index (χ0v) is 9.35. The molecule has 2 N–H and O–H groups in total. The van der Waals surface area contributed by atoms with Crippen LogP contribution >= 0.6 is 0 Å². The van der Waals surface area contributed by atoms with Crippen LogP contribution in [0.3, 0.4) is 0 Å². The van der Waals surface area contributed by atoms with Gasteiger partial charge in [0.2, 0.25) is 0 Å². The van der Waals surface area contributed by atoms with Gasteiger partial charge in [-0.3, -0.25) is 0 Å². The zero-order chi connectivity index (χ0) is 10.7. The van der Waals surface area contributed by atoms with Crippen molar-refractivity contribution in [2.24, 2.45) is 0 Å². The third-order valence-electron chi connectivity index (χ3n) is 1.93. The predicted octanol–water partition coefficient (Wildman–Crippen LogP) is -0.457. The van der Waals surface area contributed by atoms with Crippen LogP contribution in [-0.4, -0.2) is 43.6 Å². The SMILES string of the molecule is CCNS(=O)(=O)N(C)C(C)(C)CO. The number of likely N-dealkylation sites (N-methyl/N-ethyl adjacent to an activating group) is 1. The lowest BCUT2D eigenvalue weighted by atomic mass is 10.1. The van der Waals surface area contributed by atoms with Gasteiger partial charge in [0.25, 0.3) is 10.2 Å². The molecule has 0 aliphatic heterocycles. The van der Waals surface area contributed by atoms with Crippen molar-refractivity contribution in [1.29, 1.82) is 0 Å². The molecule has 5 nitrogen and oxygen atoms in total. The number of hydrogen-bond donors (Lipinski definition) is 2. The normalized spacial score (nSPS) is 13.7. The van der Waals surface area contributed by atoms with Crippen molar-refractivity contribution in [3.05, 3.63) is 0 Å². The van der Waals surface area contributed by atoms with E-state index < -0.39 is 15.7 Å².